The van der Waals surface area contributed by atoms with Crippen LogP contribution >= 0.6 is 27.5 Å². The highest BCUT2D eigenvalue weighted by molar-refractivity contribution is 9.10. The summed E-state index contributed by atoms with van der Waals surface area (Å²) < 4.78 is 16.2. The molecule has 1 aromatic carbocycles. The SMILES string of the molecule is Cc1cc(C(N)c2ccc(Br)c(Cl)c2F)nn1C. The molecule has 0 saturated heterocycles. The van der Waals surface area contributed by atoms with Gasteiger partial charge in [-0.05, 0) is 35.0 Å². The number of nitrogens with two attached hydrogens (primary N) is 1. The normalized spacial score (nSPS) is 12.8. The Balaban J connectivity index is 2.46. The van der Waals surface area contributed by atoms with Crippen LogP contribution in [0.25, 0.3) is 0 Å². The first kappa shape index (κ1) is 13.5. The van der Waals surface area contributed by atoms with Gasteiger partial charge in [-0.15, -0.1) is 0 Å². The summed E-state index contributed by atoms with van der Waals surface area (Å²) >= 11 is 9.02. The van der Waals surface area contributed by atoms with Gasteiger partial charge in [0.25, 0.3) is 0 Å². The molecule has 2 rings (SSSR count). The van der Waals surface area contributed by atoms with Crippen molar-refractivity contribution >= 4 is 27.5 Å². The predicted octanol–water partition coefficient (Wildman–Crippen LogP) is 3.33. The Bertz CT molecular complexity index is 578. The van der Waals surface area contributed by atoms with Crippen molar-refractivity contribution in [2.24, 2.45) is 12.8 Å². The van der Waals surface area contributed by atoms with E-state index in [2.05, 4.69) is 21.0 Å². The molecule has 0 aliphatic rings. The van der Waals surface area contributed by atoms with Crippen LogP contribution in [-0.2, 0) is 7.05 Å². The van der Waals surface area contributed by atoms with Gasteiger partial charge in [0.15, 0.2) is 0 Å². The summed E-state index contributed by atoms with van der Waals surface area (Å²) in [6.07, 6.45) is 0. The summed E-state index contributed by atoms with van der Waals surface area (Å²) in [6, 6.07) is 4.49. The molecule has 0 bridgehead atoms. The molecule has 1 aromatic heterocycles. The quantitative estimate of drug-likeness (QED) is 0.857. The Morgan fingerprint density at radius 1 is 1.50 bits per heavy atom. The minimum atomic E-state index is -0.629. The number of hydrogen-bond donors (Lipinski definition) is 1. The molecule has 0 spiro atoms. The number of hydrogen-bond acceptors (Lipinski definition) is 2. The van der Waals surface area contributed by atoms with Crippen LogP contribution < -0.4 is 5.73 Å². The van der Waals surface area contributed by atoms with Crippen molar-refractivity contribution in [3.8, 4) is 0 Å². The second-order valence-corrected chi connectivity index (χ2v) is 5.31. The molecular formula is C12H12BrClFN3. The van der Waals surface area contributed by atoms with Crippen molar-refractivity contribution in [2.45, 2.75) is 13.0 Å². The monoisotopic (exact) mass is 331 g/mol. The summed E-state index contributed by atoms with van der Waals surface area (Å²) in [5.74, 6) is -0.512. The van der Waals surface area contributed by atoms with Gasteiger partial charge in [0.05, 0.1) is 16.8 Å². The Kier molecular flexibility index (Phi) is 3.75. The van der Waals surface area contributed by atoms with E-state index in [1.165, 1.54) is 0 Å². The number of halogens is 3. The highest BCUT2D eigenvalue weighted by Crippen LogP contribution is 2.31. The van der Waals surface area contributed by atoms with E-state index in [-0.39, 0.29) is 5.02 Å². The Morgan fingerprint density at radius 2 is 2.17 bits per heavy atom. The van der Waals surface area contributed by atoms with Crippen molar-refractivity contribution in [1.29, 1.82) is 0 Å². The summed E-state index contributed by atoms with van der Waals surface area (Å²) in [5, 5.41) is 4.29. The summed E-state index contributed by atoms with van der Waals surface area (Å²) in [4.78, 5) is 0. The highest BCUT2D eigenvalue weighted by atomic mass is 79.9. The molecule has 0 fully saturated rings. The van der Waals surface area contributed by atoms with Crippen LogP contribution in [0.1, 0.15) is 23.0 Å². The van der Waals surface area contributed by atoms with Crippen LogP contribution in [0, 0.1) is 12.7 Å². The fourth-order valence-corrected chi connectivity index (χ4v) is 2.16. The molecule has 0 saturated carbocycles. The van der Waals surface area contributed by atoms with Crippen LogP contribution in [0.5, 0.6) is 0 Å². The molecule has 0 amide bonds. The summed E-state index contributed by atoms with van der Waals surface area (Å²) in [5.41, 5.74) is 7.94. The molecule has 2 N–H and O–H groups in total. The predicted molar refractivity (Wildman–Crippen MR) is 73.1 cm³/mol. The van der Waals surface area contributed by atoms with E-state index in [1.54, 1.807) is 16.8 Å². The van der Waals surface area contributed by atoms with Gasteiger partial charge in [-0.2, -0.15) is 5.10 Å². The van der Waals surface area contributed by atoms with Gasteiger partial charge in [-0.1, -0.05) is 17.7 Å². The third-order valence-corrected chi connectivity index (χ3v) is 4.11. The van der Waals surface area contributed by atoms with Gasteiger partial charge >= 0.3 is 0 Å². The fraction of sp³-hybridized carbons (Fsp3) is 0.250. The largest absolute Gasteiger partial charge is 0.319 e. The lowest BCUT2D eigenvalue weighted by atomic mass is 10.0. The molecule has 1 heterocycles. The van der Waals surface area contributed by atoms with Gasteiger partial charge in [-0.3, -0.25) is 4.68 Å². The van der Waals surface area contributed by atoms with Crippen LogP contribution in [-0.4, -0.2) is 9.78 Å². The number of rotatable bonds is 2. The van der Waals surface area contributed by atoms with E-state index in [4.69, 9.17) is 17.3 Å². The average Bonchev–Trinajstić information content (AvgIpc) is 2.66. The lowest BCUT2D eigenvalue weighted by Crippen LogP contribution is -2.15. The number of nitrogens with zero attached hydrogens (tertiary/aromatic N) is 2. The second kappa shape index (κ2) is 4.99. The maximum atomic E-state index is 14.0. The van der Waals surface area contributed by atoms with Crippen molar-refractivity contribution in [1.82, 2.24) is 9.78 Å². The van der Waals surface area contributed by atoms with Crippen LogP contribution in [0.3, 0.4) is 0 Å². The molecule has 0 aliphatic carbocycles. The number of aromatic nitrogens is 2. The first-order chi connectivity index (χ1) is 8.41. The van der Waals surface area contributed by atoms with E-state index >= 15 is 0 Å². The smallest absolute Gasteiger partial charge is 0.148 e. The van der Waals surface area contributed by atoms with Gasteiger partial charge in [0, 0.05) is 22.8 Å². The van der Waals surface area contributed by atoms with Crippen molar-refractivity contribution in [3.63, 3.8) is 0 Å². The lowest BCUT2D eigenvalue weighted by molar-refractivity contribution is 0.593. The Labute approximate surface area is 118 Å². The van der Waals surface area contributed by atoms with E-state index in [1.807, 2.05) is 20.0 Å². The van der Waals surface area contributed by atoms with Crippen LogP contribution in [0.4, 0.5) is 4.39 Å². The maximum Gasteiger partial charge on any atom is 0.148 e. The third kappa shape index (κ3) is 2.30. The third-order valence-electron chi connectivity index (χ3n) is 2.85. The minimum absolute atomic E-state index is 0.0376. The first-order valence-corrected chi connectivity index (χ1v) is 6.48. The zero-order valence-corrected chi connectivity index (χ0v) is 12.3. The fourth-order valence-electron chi connectivity index (χ4n) is 1.68. The number of aryl methyl sites for hydroxylation is 2. The molecule has 1 unspecified atom stereocenters. The summed E-state index contributed by atoms with van der Waals surface area (Å²) in [7, 11) is 1.82. The molecule has 0 radical (unpaired) electrons. The molecule has 18 heavy (non-hydrogen) atoms. The zero-order chi connectivity index (χ0) is 13.4. The standard InChI is InChI=1S/C12H12BrClFN3/c1-6-5-9(17-18(6)2)12(16)7-3-4-8(13)10(14)11(7)15/h3-5,12H,16H2,1-2H3. The molecule has 1 atom stereocenters. The first-order valence-electron chi connectivity index (χ1n) is 5.31. The van der Waals surface area contributed by atoms with Gasteiger partial charge < -0.3 is 5.73 Å². The zero-order valence-electron chi connectivity index (χ0n) is 9.92. The van der Waals surface area contributed by atoms with E-state index in [9.17, 15) is 4.39 Å². The second-order valence-electron chi connectivity index (χ2n) is 4.08. The van der Waals surface area contributed by atoms with Crippen molar-refractivity contribution in [3.05, 3.63) is 50.5 Å². The molecule has 0 aliphatic heterocycles. The van der Waals surface area contributed by atoms with Gasteiger partial charge in [0.2, 0.25) is 0 Å². The minimum Gasteiger partial charge on any atom is -0.319 e. The Morgan fingerprint density at radius 3 is 2.72 bits per heavy atom. The van der Waals surface area contributed by atoms with Crippen LogP contribution in [0.15, 0.2) is 22.7 Å². The molecule has 6 heteroatoms. The molecule has 2 aromatic rings. The van der Waals surface area contributed by atoms with Crippen molar-refractivity contribution < 1.29 is 4.39 Å². The Hall–Kier alpha value is -0.910. The van der Waals surface area contributed by atoms with Gasteiger partial charge in [-0.25, -0.2) is 4.39 Å². The average molecular weight is 333 g/mol. The molecule has 96 valence electrons. The van der Waals surface area contributed by atoms with E-state index in [0.717, 1.165) is 5.69 Å². The summed E-state index contributed by atoms with van der Waals surface area (Å²) in [6.45, 7) is 1.91. The number of benzene rings is 1. The highest BCUT2D eigenvalue weighted by Gasteiger charge is 2.19. The van der Waals surface area contributed by atoms with E-state index < -0.39 is 11.9 Å². The van der Waals surface area contributed by atoms with Gasteiger partial charge in [0.1, 0.15) is 5.82 Å². The maximum absolute atomic E-state index is 14.0. The van der Waals surface area contributed by atoms with Crippen molar-refractivity contribution in [2.75, 3.05) is 0 Å². The molecule has 3 nitrogen and oxygen atoms in total. The topological polar surface area (TPSA) is 43.8 Å². The van der Waals surface area contributed by atoms with E-state index in [0.29, 0.717) is 15.7 Å². The molecular weight excluding hydrogens is 321 g/mol. The lowest BCUT2D eigenvalue weighted by Gasteiger charge is -2.12. The van der Waals surface area contributed by atoms with Crippen LogP contribution in [0.2, 0.25) is 5.02 Å².